The largest absolute Gasteiger partial charge is 0.377 e. The van der Waals surface area contributed by atoms with Gasteiger partial charge in [0.1, 0.15) is 0 Å². The number of halogens is 1. The summed E-state index contributed by atoms with van der Waals surface area (Å²) in [5.41, 5.74) is 6.38. The molecule has 19 heavy (non-hydrogen) atoms. The number of benzene rings is 1. The van der Waals surface area contributed by atoms with Gasteiger partial charge in [-0.05, 0) is 47.5 Å². The highest BCUT2D eigenvalue weighted by Crippen LogP contribution is 2.23. The third-order valence-corrected chi connectivity index (χ3v) is 4.93. The predicted molar refractivity (Wildman–Crippen MR) is 78.3 cm³/mol. The van der Waals surface area contributed by atoms with Crippen LogP contribution in [0.1, 0.15) is 19.4 Å². The Hall–Kier alpha value is -0.470. The normalized spacial score (nSPS) is 13.5. The van der Waals surface area contributed by atoms with Crippen LogP contribution in [0.4, 0.5) is 0 Å². The number of rotatable bonds is 7. The third kappa shape index (κ3) is 4.85. The molecule has 1 rings (SSSR count). The number of hydrogen-bond donors (Lipinski definition) is 2. The molecule has 0 aliphatic rings. The van der Waals surface area contributed by atoms with E-state index < -0.39 is 10.0 Å². The Morgan fingerprint density at radius 2 is 2.16 bits per heavy atom. The second-order valence-electron chi connectivity index (χ2n) is 4.09. The van der Waals surface area contributed by atoms with Gasteiger partial charge in [0.2, 0.25) is 10.0 Å². The fourth-order valence-corrected chi connectivity index (χ4v) is 3.78. The van der Waals surface area contributed by atoms with Crippen LogP contribution in [-0.2, 0) is 21.3 Å². The fourth-order valence-electron chi connectivity index (χ4n) is 1.54. The van der Waals surface area contributed by atoms with Crippen LogP contribution in [-0.4, -0.2) is 27.7 Å². The van der Waals surface area contributed by atoms with Gasteiger partial charge in [-0.25, -0.2) is 13.1 Å². The van der Waals surface area contributed by atoms with Crippen LogP contribution >= 0.6 is 15.9 Å². The fraction of sp³-hybridized carbons (Fsp3) is 0.500. The van der Waals surface area contributed by atoms with Gasteiger partial charge in [-0.3, -0.25) is 0 Å². The maximum absolute atomic E-state index is 12.1. The van der Waals surface area contributed by atoms with Crippen molar-refractivity contribution in [1.29, 1.82) is 0 Å². The molecule has 0 aliphatic heterocycles. The predicted octanol–water partition coefficient (Wildman–Crippen LogP) is 1.61. The van der Waals surface area contributed by atoms with E-state index in [0.29, 0.717) is 17.6 Å². The van der Waals surface area contributed by atoms with Crippen LogP contribution in [0.3, 0.4) is 0 Å². The van der Waals surface area contributed by atoms with Gasteiger partial charge >= 0.3 is 0 Å². The lowest BCUT2D eigenvalue weighted by molar-refractivity contribution is 0.0799. The van der Waals surface area contributed by atoms with E-state index in [0.717, 1.165) is 5.56 Å². The molecule has 0 amide bonds. The van der Waals surface area contributed by atoms with Crippen LogP contribution in [0.2, 0.25) is 0 Å². The van der Waals surface area contributed by atoms with Crippen LogP contribution < -0.4 is 10.5 Å². The SMILES string of the molecule is CCOC(C)CNS(=O)(=O)c1ccc(CN)cc1Br. The van der Waals surface area contributed by atoms with Gasteiger partial charge in [0, 0.05) is 24.2 Å². The van der Waals surface area contributed by atoms with Crippen molar-refractivity contribution in [2.45, 2.75) is 31.4 Å². The number of sulfonamides is 1. The van der Waals surface area contributed by atoms with Gasteiger partial charge in [-0.1, -0.05) is 6.07 Å². The molecule has 0 saturated heterocycles. The molecular weight excluding hydrogens is 332 g/mol. The van der Waals surface area contributed by atoms with Gasteiger partial charge in [-0.2, -0.15) is 0 Å². The molecule has 0 aromatic heterocycles. The summed E-state index contributed by atoms with van der Waals surface area (Å²) in [4.78, 5) is 0.202. The molecule has 0 spiro atoms. The summed E-state index contributed by atoms with van der Waals surface area (Å²) < 4.78 is 32.6. The monoisotopic (exact) mass is 350 g/mol. The van der Waals surface area contributed by atoms with Gasteiger partial charge in [0.25, 0.3) is 0 Å². The maximum atomic E-state index is 12.1. The van der Waals surface area contributed by atoms with E-state index in [1.807, 2.05) is 13.8 Å². The number of nitrogens with one attached hydrogen (secondary N) is 1. The van der Waals surface area contributed by atoms with Gasteiger partial charge < -0.3 is 10.5 Å². The zero-order chi connectivity index (χ0) is 14.5. The number of nitrogens with two attached hydrogens (primary N) is 1. The molecule has 0 radical (unpaired) electrons. The Morgan fingerprint density at radius 1 is 1.47 bits per heavy atom. The minimum Gasteiger partial charge on any atom is -0.377 e. The molecule has 1 atom stereocenters. The summed E-state index contributed by atoms with van der Waals surface area (Å²) in [5.74, 6) is 0. The smallest absolute Gasteiger partial charge is 0.241 e. The second kappa shape index (κ2) is 7.35. The first-order valence-corrected chi connectivity index (χ1v) is 8.28. The first-order chi connectivity index (χ1) is 8.90. The molecule has 3 N–H and O–H groups in total. The van der Waals surface area contributed by atoms with Crippen LogP contribution in [0.25, 0.3) is 0 Å². The molecule has 0 bridgehead atoms. The van der Waals surface area contributed by atoms with Crippen molar-refractivity contribution < 1.29 is 13.2 Å². The first-order valence-electron chi connectivity index (χ1n) is 6.00. The van der Waals surface area contributed by atoms with Crippen molar-refractivity contribution in [2.75, 3.05) is 13.2 Å². The molecule has 1 aromatic rings. The van der Waals surface area contributed by atoms with Crippen LogP contribution in [0.5, 0.6) is 0 Å². The molecule has 108 valence electrons. The van der Waals surface area contributed by atoms with Crippen molar-refractivity contribution in [2.24, 2.45) is 5.73 Å². The van der Waals surface area contributed by atoms with Crippen molar-refractivity contribution >= 4 is 26.0 Å². The first kappa shape index (κ1) is 16.6. The van der Waals surface area contributed by atoms with Crippen molar-refractivity contribution in [1.82, 2.24) is 4.72 Å². The second-order valence-corrected chi connectivity index (χ2v) is 6.68. The van der Waals surface area contributed by atoms with E-state index in [1.54, 1.807) is 18.2 Å². The zero-order valence-corrected chi connectivity index (χ0v) is 13.4. The van der Waals surface area contributed by atoms with Crippen LogP contribution in [0.15, 0.2) is 27.6 Å². The minimum absolute atomic E-state index is 0.165. The lowest BCUT2D eigenvalue weighted by Crippen LogP contribution is -2.32. The molecular formula is C12H19BrN2O3S. The Kier molecular flexibility index (Phi) is 6.41. The maximum Gasteiger partial charge on any atom is 0.241 e. The Labute approximate surface area is 122 Å². The number of hydrogen-bond acceptors (Lipinski definition) is 4. The third-order valence-electron chi connectivity index (χ3n) is 2.53. The summed E-state index contributed by atoms with van der Waals surface area (Å²) >= 11 is 3.26. The van der Waals surface area contributed by atoms with E-state index in [-0.39, 0.29) is 17.5 Å². The molecule has 1 unspecified atom stereocenters. The standard InChI is InChI=1S/C12H19BrN2O3S/c1-3-18-9(2)8-15-19(16,17)12-5-4-10(7-14)6-11(12)13/h4-6,9,15H,3,7-8,14H2,1-2H3. The van der Waals surface area contributed by atoms with E-state index in [4.69, 9.17) is 10.5 Å². The Bertz CT molecular complexity index is 520. The Morgan fingerprint density at radius 3 is 2.68 bits per heavy atom. The van der Waals surface area contributed by atoms with Crippen molar-refractivity contribution in [3.05, 3.63) is 28.2 Å². The average molecular weight is 351 g/mol. The summed E-state index contributed by atoms with van der Waals surface area (Å²) in [7, 11) is -3.55. The molecule has 1 aromatic carbocycles. The molecule has 5 nitrogen and oxygen atoms in total. The van der Waals surface area contributed by atoms with E-state index >= 15 is 0 Å². The minimum atomic E-state index is -3.55. The summed E-state index contributed by atoms with van der Waals surface area (Å²) in [6, 6.07) is 4.95. The molecule has 7 heteroatoms. The lowest BCUT2D eigenvalue weighted by Gasteiger charge is -2.14. The van der Waals surface area contributed by atoms with Gasteiger partial charge in [0.05, 0.1) is 11.0 Å². The summed E-state index contributed by atoms with van der Waals surface area (Å²) in [6.07, 6.45) is -0.165. The van der Waals surface area contributed by atoms with Crippen LogP contribution in [0, 0.1) is 0 Å². The molecule has 0 saturated carbocycles. The quantitative estimate of drug-likeness (QED) is 0.782. The zero-order valence-electron chi connectivity index (χ0n) is 11.0. The van der Waals surface area contributed by atoms with E-state index in [2.05, 4.69) is 20.7 Å². The lowest BCUT2D eigenvalue weighted by atomic mass is 10.2. The Balaban J connectivity index is 2.83. The topological polar surface area (TPSA) is 81.4 Å². The highest BCUT2D eigenvalue weighted by atomic mass is 79.9. The number of ether oxygens (including phenoxy) is 1. The molecule has 0 fully saturated rings. The van der Waals surface area contributed by atoms with Gasteiger partial charge in [0.15, 0.2) is 0 Å². The van der Waals surface area contributed by atoms with E-state index in [1.165, 1.54) is 0 Å². The van der Waals surface area contributed by atoms with E-state index in [9.17, 15) is 8.42 Å². The summed E-state index contributed by atoms with van der Waals surface area (Å²) in [5, 5.41) is 0. The highest BCUT2D eigenvalue weighted by Gasteiger charge is 2.18. The van der Waals surface area contributed by atoms with Crippen molar-refractivity contribution in [3.8, 4) is 0 Å². The average Bonchev–Trinajstić information content (AvgIpc) is 2.36. The van der Waals surface area contributed by atoms with Crippen molar-refractivity contribution in [3.63, 3.8) is 0 Å². The molecule has 0 heterocycles. The molecule has 0 aliphatic carbocycles. The van der Waals surface area contributed by atoms with Gasteiger partial charge in [-0.15, -0.1) is 0 Å². The highest BCUT2D eigenvalue weighted by molar-refractivity contribution is 9.10. The summed E-state index contributed by atoms with van der Waals surface area (Å²) in [6.45, 7) is 4.85.